The van der Waals surface area contributed by atoms with E-state index in [0.29, 0.717) is 11.4 Å². The van der Waals surface area contributed by atoms with Crippen molar-refractivity contribution in [3.8, 4) is 0 Å². The van der Waals surface area contributed by atoms with Crippen LogP contribution in [0.25, 0.3) is 0 Å². The standard InChI is InChI=1S/C47H48N4O5/c1-34-26-28-40(29-27-34)51(45(54)56-46(2,3)4)42(30-35-18-10-6-11-19-35)43(52)49-41(44(53)55-5)31-39-32-50(33-48-39)47(36-20-12-7-13-21-36,37-22-14-8-15-23-37)38-24-16-9-17-25-38/h6-29,32-33,41-42H,30-31H2,1-5H3,(H,49,52)/t41-,42-/m0/s1. The number of esters is 1. The third-order valence-corrected chi connectivity index (χ3v) is 9.60. The van der Waals surface area contributed by atoms with Crippen LogP contribution >= 0.6 is 0 Å². The molecule has 9 nitrogen and oxygen atoms in total. The van der Waals surface area contributed by atoms with Crippen molar-refractivity contribution in [1.29, 1.82) is 0 Å². The van der Waals surface area contributed by atoms with E-state index in [0.717, 1.165) is 27.8 Å². The van der Waals surface area contributed by atoms with Gasteiger partial charge in [-0.1, -0.05) is 139 Å². The van der Waals surface area contributed by atoms with Crippen molar-refractivity contribution < 1.29 is 23.9 Å². The molecule has 0 unspecified atom stereocenters. The van der Waals surface area contributed by atoms with Gasteiger partial charge >= 0.3 is 12.1 Å². The summed E-state index contributed by atoms with van der Waals surface area (Å²) in [5, 5.41) is 2.95. The van der Waals surface area contributed by atoms with E-state index >= 15 is 0 Å². The third kappa shape index (κ3) is 8.90. The van der Waals surface area contributed by atoms with Gasteiger partial charge in [-0.3, -0.25) is 9.69 Å². The van der Waals surface area contributed by atoms with Crippen LogP contribution in [0.15, 0.2) is 158 Å². The fraction of sp³-hybridized carbons (Fsp3) is 0.234. The fourth-order valence-corrected chi connectivity index (χ4v) is 7.02. The van der Waals surface area contributed by atoms with Crippen LogP contribution in [0.4, 0.5) is 10.5 Å². The molecule has 1 N–H and O–H groups in total. The minimum absolute atomic E-state index is 0.0227. The summed E-state index contributed by atoms with van der Waals surface area (Å²) in [4.78, 5) is 48.4. The maximum atomic E-state index is 14.6. The summed E-state index contributed by atoms with van der Waals surface area (Å²) in [5.41, 5.74) is 4.23. The number of rotatable bonds is 13. The third-order valence-electron chi connectivity index (χ3n) is 9.60. The largest absolute Gasteiger partial charge is 0.467 e. The molecule has 0 aliphatic carbocycles. The van der Waals surface area contributed by atoms with Gasteiger partial charge in [-0.05, 0) is 62.1 Å². The van der Waals surface area contributed by atoms with Crippen molar-refractivity contribution in [3.05, 3.63) is 192 Å². The number of carbonyl (C=O) groups is 3. The van der Waals surface area contributed by atoms with E-state index in [4.69, 9.17) is 14.5 Å². The zero-order valence-corrected chi connectivity index (χ0v) is 32.5. The van der Waals surface area contributed by atoms with E-state index in [9.17, 15) is 14.4 Å². The number of imidazole rings is 1. The van der Waals surface area contributed by atoms with Crippen LogP contribution in [0.3, 0.4) is 0 Å². The molecule has 6 aromatic rings. The molecule has 286 valence electrons. The topological polar surface area (TPSA) is 103 Å². The number of nitrogens with zero attached hydrogens (tertiary/aromatic N) is 3. The van der Waals surface area contributed by atoms with Gasteiger partial charge in [-0.15, -0.1) is 0 Å². The molecule has 0 aliphatic rings. The molecule has 56 heavy (non-hydrogen) atoms. The quantitative estimate of drug-likeness (QED) is 0.0943. The number of amides is 2. The Kier molecular flexibility index (Phi) is 12.1. The van der Waals surface area contributed by atoms with E-state index in [-0.39, 0.29) is 12.8 Å². The van der Waals surface area contributed by atoms with E-state index in [1.807, 2.05) is 110 Å². The molecule has 0 radical (unpaired) electrons. The molecule has 9 heteroatoms. The summed E-state index contributed by atoms with van der Waals surface area (Å²) in [6.45, 7) is 7.28. The number of hydrogen-bond donors (Lipinski definition) is 1. The second-order valence-electron chi connectivity index (χ2n) is 14.8. The summed E-state index contributed by atoms with van der Waals surface area (Å²) >= 11 is 0. The Hall–Kier alpha value is -6.48. The monoisotopic (exact) mass is 748 g/mol. The van der Waals surface area contributed by atoms with Crippen LogP contribution in [0.5, 0.6) is 0 Å². The van der Waals surface area contributed by atoms with Gasteiger partial charge in [-0.2, -0.15) is 0 Å². The lowest BCUT2D eigenvalue weighted by atomic mass is 9.77. The number of aromatic nitrogens is 2. The van der Waals surface area contributed by atoms with E-state index in [1.165, 1.54) is 12.0 Å². The highest BCUT2D eigenvalue weighted by Crippen LogP contribution is 2.41. The number of benzene rings is 5. The summed E-state index contributed by atoms with van der Waals surface area (Å²) < 4.78 is 13.2. The Morgan fingerprint density at radius 1 is 0.714 bits per heavy atom. The number of hydrogen-bond acceptors (Lipinski definition) is 6. The van der Waals surface area contributed by atoms with Crippen LogP contribution in [-0.4, -0.2) is 52.3 Å². The lowest BCUT2D eigenvalue weighted by molar-refractivity contribution is -0.145. The summed E-state index contributed by atoms with van der Waals surface area (Å²) in [7, 11) is 1.28. The van der Waals surface area contributed by atoms with Gasteiger partial charge in [0.05, 0.1) is 19.1 Å². The van der Waals surface area contributed by atoms with Crippen molar-refractivity contribution in [2.45, 2.75) is 63.8 Å². The Labute approximate surface area is 328 Å². The second kappa shape index (κ2) is 17.3. The molecule has 0 saturated carbocycles. The lowest BCUT2D eigenvalue weighted by Crippen LogP contribution is -2.56. The van der Waals surface area contributed by atoms with Gasteiger partial charge in [0, 0.05) is 24.7 Å². The first kappa shape index (κ1) is 39.2. The Morgan fingerprint density at radius 2 is 1.21 bits per heavy atom. The average Bonchev–Trinajstić information content (AvgIpc) is 3.67. The van der Waals surface area contributed by atoms with Crippen molar-refractivity contribution in [2.24, 2.45) is 0 Å². The number of nitrogens with one attached hydrogen (secondary N) is 1. The number of ether oxygens (including phenoxy) is 2. The number of carbonyl (C=O) groups excluding carboxylic acids is 3. The van der Waals surface area contributed by atoms with Crippen molar-refractivity contribution in [1.82, 2.24) is 14.9 Å². The van der Waals surface area contributed by atoms with E-state index in [1.54, 1.807) is 39.2 Å². The first-order valence-corrected chi connectivity index (χ1v) is 18.7. The van der Waals surface area contributed by atoms with Crippen LogP contribution in [0.2, 0.25) is 0 Å². The van der Waals surface area contributed by atoms with Gasteiger partial charge in [-0.25, -0.2) is 14.6 Å². The zero-order valence-electron chi connectivity index (χ0n) is 32.5. The second-order valence-corrected chi connectivity index (χ2v) is 14.8. The van der Waals surface area contributed by atoms with E-state index in [2.05, 4.69) is 46.3 Å². The molecule has 0 fully saturated rings. The molecule has 0 spiro atoms. The normalized spacial score (nSPS) is 12.6. The van der Waals surface area contributed by atoms with Gasteiger partial charge in [0.1, 0.15) is 23.2 Å². The van der Waals surface area contributed by atoms with Crippen LogP contribution in [0, 0.1) is 6.92 Å². The van der Waals surface area contributed by atoms with Crippen molar-refractivity contribution >= 4 is 23.7 Å². The molecule has 1 heterocycles. The average molecular weight is 749 g/mol. The molecule has 0 aliphatic heterocycles. The minimum Gasteiger partial charge on any atom is -0.467 e. The molecule has 2 atom stereocenters. The minimum atomic E-state index is -1.13. The van der Waals surface area contributed by atoms with Crippen molar-refractivity contribution in [2.75, 3.05) is 12.0 Å². The molecule has 5 aromatic carbocycles. The number of aryl methyl sites for hydroxylation is 1. The Bertz CT molecular complexity index is 2100. The fourth-order valence-electron chi connectivity index (χ4n) is 7.02. The Morgan fingerprint density at radius 3 is 1.70 bits per heavy atom. The van der Waals surface area contributed by atoms with Gasteiger partial charge in [0.2, 0.25) is 5.91 Å². The maximum absolute atomic E-state index is 14.6. The molecule has 1 aromatic heterocycles. The van der Waals surface area contributed by atoms with Gasteiger partial charge in [0.25, 0.3) is 0 Å². The predicted octanol–water partition coefficient (Wildman–Crippen LogP) is 8.29. The molecule has 0 bridgehead atoms. The molecular weight excluding hydrogens is 701 g/mol. The highest BCUT2D eigenvalue weighted by molar-refractivity contribution is 5.99. The first-order chi connectivity index (χ1) is 27.0. The van der Waals surface area contributed by atoms with Gasteiger partial charge in [0.15, 0.2) is 0 Å². The molecule has 6 rings (SSSR count). The summed E-state index contributed by atoms with van der Waals surface area (Å²) in [6, 6.07) is 45.1. The Balaban J connectivity index is 1.39. The van der Waals surface area contributed by atoms with Crippen molar-refractivity contribution in [3.63, 3.8) is 0 Å². The van der Waals surface area contributed by atoms with Gasteiger partial charge < -0.3 is 19.4 Å². The molecular formula is C47H48N4O5. The van der Waals surface area contributed by atoms with Crippen LogP contribution < -0.4 is 10.2 Å². The predicted molar refractivity (Wildman–Crippen MR) is 218 cm³/mol. The molecule has 2 amide bonds. The first-order valence-electron chi connectivity index (χ1n) is 18.7. The van der Waals surface area contributed by atoms with Crippen LogP contribution in [-0.2, 0) is 37.4 Å². The highest BCUT2D eigenvalue weighted by atomic mass is 16.6. The summed E-state index contributed by atoms with van der Waals surface area (Å²) in [6.07, 6.45) is 3.16. The molecule has 0 saturated heterocycles. The number of anilines is 1. The highest BCUT2D eigenvalue weighted by Gasteiger charge is 2.40. The zero-order chi connectivity index (χ0) is 39.7. The smallest absolute Gasteiger partial charge is 0.415 e. The lowest BCUT2D eigenvalue weighted by Gasteiger charge is -2.37. The maximum Gasteiger partial charge on any atom is 0.415 e. The van der Waals surface area contributed by atoms with E-state index < -0.39 is 41.2 Å². The number of methoxy groups -OCH3 is 1. The SMILES string of the molecule is COC(=O)[C@H](Cc1cn(C(c2ccccc2)(c2ccccc2)c2ccccc2)cn1)NC(=O)[C@H](Cc1ccccc1)N(C(=O)OC(C)(C)C)c1ccc(C)cc1. The summed E-state index contributed by atoms with van der Waals surface area (Å²) in [5.74, 6) is -1.20. The van der Waals surface area contributed by atoms with Crippen LogP contribution in [0.1, 0.15) is 54.3 Å².